The fourth-order valence-electron chi connectivity index (χ4n) is 2.45. The van der Waals surface area contributed by atoms with E-state index in [-0.39, 0.29) is 0 Å². The van der Waals surface area contributed by atoms with Gasteiger partial charge in [-0.2, -0.15) is 0 Å². The molecule has 0 aliphatic carbocycles. The maximum atomic E-state index is 5.23. The molecular formula is C18H23NO. The summed E-state index contributed by atoms with van der Waals surface area (Å²) >= 11 is 0. The van der Waals surface area contributed by atoms with E-state index in [1.807, 2.05) is 12.1 Å². The van der Waals surface area contributed by atoms with Gasteiger partial charge in [-0.25, -0.2) is 0 Å². The number of likely N-dealkylation sites (N-methyl/N-ethyl adjacent to an activating group) is 1. The molecule has 1 N–H and O–H groups in total. The highest BCUT2D eigenvalue weighted by Gasteiger charge is 2.12. The third kappa shape index (κ3) is 3.61. The quantitative estimate of drug-likeness (QED) is 0.859. The molecule has 0 heterocycles. The first-order valence-corrected chi connectivity index (χ1v) is 7.16. The maximum Gasteiger partial charge on any atom is 0.118 e. The Kier molecular flexibility index (Phi) is 5.19. The van der Waals surface area contributed by atoms with Crippen LogP contribution in [0.3, 0.4) is 0 Å². The van der Waals surface area contributed by atoms with Crippen molar-refractivity contribution in [2.75, 3.05) is 13.7 Å². The van der Waals surface area contributed by atoms with Gasteiger partial charge in [0, 0.05) is 6.04 Å². The van der Waals surface area contributed by atoms with Gasteiger partial charge in [-0.15, -0.1) is 0 Å². The Labute approximate surface area is 121 Å². The van der Waals surface area contributed by atoms with Gasteiger partial charge in [0.05, 0.1) is 7.11 Å². The molecule has 1 unspecified atom stereocenters. The molecule has 2 heteroatoms. The predicted molar refractivity (Wildman–Crippen MR) is 84.3 cm³/mol. The molecule has 0 fully saturated rings. The van der Waals surface area contributed by atoms with Gasteiger partial charge in [0.15, 0.2) is 0 Å². The summed E-state index contributed by atoms with van der Waals surface area (Å²) in [5.74, 6) is 0.903. The first-order chi connectivity index (χ1) is 9.74. The lowest BCUT2D eigenvalue weighted by Crippen LogP contribution is -2.23. The molecule has 0 aromatic heterocycles. The summed E-state index contributed by atoms with van der Waals surface area (Å²) in [6, 6.07) is 17.3. The van der Waals surface area contributed by atoms with Crippen LogP contribution in [0.15, 0.2) is 48.5 Å². The van der Waals surface area contributed by atoms with Gasteiger partial charge in [0.2, 0.25) is 0 Å². The second-order valence-electron chi connectivity index (χ2n) is 5.01. The van der Waals surface area contributed by atoms with E-state index >= 15 is 0 Å². The average molecular weight is 269 g/mol. The summed E-state index contributed by atoms with van der Waals surface area (Å²) in [6.07, 6.45) is 1.01. The molecular weight excluding hydrogens is 246 g/mol. The van der Waals surface area contributed by atoms with E-state index in [0.29, 0.717) is 6.04 Å². The third-order valence-electron chi connectivity index (χ3n) is 3.65. The van der Waals surface area contributed by atoms with Crippen LogP contribution in [0.4, 0.5) is 0 Å². The van der Waals surface area contributed by atoms with Crippen molar-refractivity contribution in [2.45, 2.75) is 26.3 Å². The zero-order valence-corrected chi connectivity index (χ0v) is 12.5. The molecule has 0 saturated heterocycles. The number of rotatable bonds is 6. The van der Waals surface area contributed by atoms with E-state index in [4.69, 9.17) is 4.74 Å². The van der Waals surface area contributed by atoms with E-state index in [1.54, 1.807) is 7.11 Å². The summed E-state index contributed by atoms with van der Waals surface area (Å²) in [6.45, 7) is 5.28. The number of ether oxygens (including phenoxy) is 1. The standard InChI is InChI=1S/C18H23NO/c1-4-19-18(13-16-8-6-5-7-14(16)2)15-9-11-17(20-3)12-10-15/h5-12,18-19H,4,13H2,1-3H3. The van der Waals surface area contributed by atoms with Crippen LogP contribution in [0.1, 0.15) is 29.7 Å². The van der Waals surface area contributed by atoms with Crippen molar-refractivity contribution in [3.8, 4) is 5.75 Å². The minimum Gasteiger partial charge on any atom is -0.497 e. The van der Waals surface area contributed by atoms with Crippen molar-refractivity contribution in [3.05, 3.63) is 65.2 Å². The van der Waals surface area contributed by atoms with E-state index < -0.39 is 0 Å². The normalized spacial score (nSPS) is 12.2. The first kappa shape index (κ1) is 14.6. The molecule has 2 rings (SSSR count). The molecule has 106 valence electrons. The van der Waals surface area contributed by atoms with Crippen LogP contribution in [0.25, 0.3) is 0 Å². The highest BCUT2D eigenvalue weighted by molar-refractivity contribution is 5.32. The Morgan fingerprint density at radius 1 is 1.05 bits per heavy atom. The Balaban J connectivity index is 2.19. The van der Waals surface area contributed by atoms with Gasteiger partial charge in [-0.1, -0.05) is 43.3 Å². The molecule has 1 atom stereocenters. The molecule has 2 aromatic rings. The zero-order chi connectivity index (χ0) is 14.4. The second kappa shape index (κ2) is 7.11. The number of nitrogens with one attached hydrogen (secondary N) is 1. The largest absolute Gasteiger partial charge is 0.497 e. The minimum atomic E-state index is 0.340. The van der Waals surface area contributed by atoms with Crippen molar-refractivity contribution in [2.24, 2.45) is 0 Å². The smallest absolute Gasteiger partial charge is 0.118 e. The molecule has 0 aliphatic rings. The number of methoxy groups -OCH3 is 1. The van der Waals surface area contributed by atoms with Gasteiger partial charge >= 0.3 is 0 Å². The van der Waals surface area contributed by atoms with Crippen LogP contribution >= 0.6 is 0 Å². The predicted octanol–water partition coefficient (Wildman–Crippen LogP) is 3.90. The highest BCUT2D eigenvalue weighted by atomic mass is 16.5. The molecule has 0 bridgehead atoms. The Morgan fingerprint density at radius 3 is 2.35 bits per heavy atom. The van der Waals surface area contributed by atoms with Crippen molar-refractivity contribution in [1.29, 1.82) is 0 Å². The highest BCUT2D eigenvalue weighted by Crippen LogP contribution is 2.22. The monoisotopic (exact) mass is 269 g/mol. The summed E-state index contributed by atoms with van der Waals surface area (Å²) in [7, 11) is 1.70. The van der Waals surface area contributed by atoms with Gasteiger partial charge in [0.1, 0.15) is 5.75 Å². The van der Waals surface area contributed by atoms with Gasteiger partial charge in [-0.05, 0) is 48.7 Å². The lowest BCUT2D eigenvalue weighted by molar-refractivity contribution is 0.414. The molecule has 0 radical (unpaired) electrons. The topological polar surface area (TPSA) is 21.3 Å². The zero-order valence-electron chi connectivity index (χ0n) is 12.5. The molecule has 2 nitrogen and oxygen atoms in total. The molecule has 20 heavy (non-hydrogen) atoms. The van der Waals surface area contributed by atoms with E-state index in [0.717, 1.165) is 18.7 Å². The molecule has 0 amide bonds. The van der Waals surface area contributed by atoms with Gasteiger partial charge < -0.3 is 10.1 Å². The average Bonchev–Trinajstić information content (AvgIpc) is 2.49. The summed E-state index contributed by atoms with van der Waals surface area (Å²) in [5.41, 5.74) is 4.05. The first-order valence-electron chi connectivity index (χ1n) is 7.16. The fourth-order valence-corrected chi connectivity index (χ4v) is 2.45. The van der Waals surface area contributed by atoms with Crippen LogP contribution in [0, 0.1) is 6.92 Å². The lowest BCUT2D eigenvalue weighted by Gasteiger charge is -2.20. The minimum absolute atomic E-state index is 0.340. The van der Waals surface area contributed by atoms with E-state index in [9.17, 15) is 0 Å². The molecule has 0 saturated carbocycles. The second-order valence-corrected chi connectivity index (χ2v) is 5.01. The SMILES string of the molecule is CCNC(Cc1ccccc1C)c1ccc(OC)cc1. The van der Waals surface area contributed by atoms with Crippen molar-refractivity contribution >= 4 is 0 Å². The summed E-state index contributed by atoms with van der Waals surface area (Å²) in [5, 5.41) is 3.57. The van der Waals surface area contributed by atoms with Crippen molar-refractivity contribution < 1.29 is 4.74 Å². The molecule has 0 aliphatic heterocycles. The number of benzene rings is 2. The van der Waals surface area contributed by atoms with Gasteiger partial charge in [-0.3, -0.25) is 0 Å². The van der Waals surface area contributed by atoms with Crippen LogP contribution in [0.2, 0.25) is 0 Å². The van der Waals surface area contributed by atoms with Crippen LogP contribution in [-0.4, -0.2) is 13.7 Å². The van der Waals surface area contributed by atoms with E-state index in [1.165, 1.54) is 16.7 Å². The van der Waals surface area contributed by atoms with Gasteiger partial charge in [0.25, 0.3) is 0 Å². The van der Waals surface area contributed by atoms with Crippen LogP contribution in [0.5, 0.6) is 5.75 Å². The lowest BCUT2D eigenvalue weighted by atomic mass is 9.96. The van der Waals surface area contributed by atoms with Crippen molar-refractivity contribution in [1.82, 2.24) is 5.32 Å². The number of aryl methyl sites for hydroxylation is 1. The van der Waals surface area contributed by atoms with E-state index in [2.05, 4.69) is 55.6 Å². The Morgan fingerprint density at radius 2 is 1.75 bits per heavy atom. The fraction of sp³-hybridized carbons (Fsp3) is 0.333. The van der Waals surface area contributed by atoms with Crippen LogP contribution < -0.4 is 10.1 Å². The summed E-state index contributed by atoms with van der Waals surface area (Å²) < 4.78 is 5.23. The van der Waals surface area contributed by atoms with Crippen LogP contribution in [-0.2, 0) is 6.42 Å². The number of hydrogen-bond donors (Lipinski definition) is 1. The molecule has 2 aromatic carbocycles. The number of hydrogen-bond acceptors (Lipinski definition) is 2. The molecule has 0 spiro atoms. The summed E-state index contributed by atoms with van der Waals surface area (Å²) in [4.78, 5) is 0. The Hall–Kier alpha value is -1.80. The Bertz CT molecular complexity index is 533. The third-order valence-corrected chi connectivity index (χ3v) is 3.65. The van der Waals surface area contributed by atoms with Crippen molar-refractivity contribution in [3.63, 3.8) is 0 Å². The maximum absolute atomic E-state index is 5.23.